The zero-order valence-electron chi connectivity index (χ0n) is 40.0. The molecule has 0 heterocycles. The first kappa shape index (κ1) is 45.6. The third kappa shape index (κ3) is 7.12. The summed E-state index contributed by atoms with van der Waals surface area (Å²) < 4.78 is 17.5. The van der Waals surface area contributed by atoms with Gasteiger partial charge in [0.1, 0.15) is 23.9 Å². The summed E-state index contributed by atoms with van der Waals surface area (Å²) in [5.74, 6) is 0.320. The maximum absolute atomic E-state index is 14.2. The van der Waals surface area contributed by atoms with E-state index >= 15 is 0 Å². The number of hydrogen-bond acceptors (Lipinski definition) is 8. The molecular formula is C53H78N2O8. The number of ether oxygens (including phenoxy) is 3. The van der Waals surface area contributed by atoms with Gasteiger partial charge in [-0.05, 0) is 155 Å². The number of rotatable bonds is 11. The lowest BCUT2D eigenvalue weighted by Crippen LogP contribution is -2.58. The molecule has 0 aromatic heterocycles. The SMILES string of the molecule is C=C1[C@H](C(=O)OCc2ccccc2)C[C@@H]1C(=O)O[C@H]1CC[C@]2(C)[C@H]3CC[C@@H]4C5=C(C(C)C)C(=O)C[C@]5(CCNC(=O)C(C)(C)NC(=O)OC(C)(C)C)CC[C@]45C(C[C@H]2C1(C)C)[C@]35C.[HH].[HH]. The number of ketones is 1. The van der Waals surface area contributed by atoms with E-state index in [0.717, 1.165) is 56.1 Å². The van der Waals surface area contributed by atoms with Gasteiger partial charge in [0.2, 0.25) is 5.91 Å². The average molecular weight is 871 g/mol. The zero-order valence-corrected chi connectivity index (χ0v) is 40.0. The van der Waals surface area contributed by atoms with Gasteiger partial charge in [-0.1, -0.05) is 84.0 Å². The highest BCUT2D eigenvalue weighted by molar-refractivity contribution is 6.00. The predicted octanol–water partition coefficient (Wildman–Crippen LogP) is 10.3. The number of nitrogens with one attached hydrogen (secondary N) is 2. The monoisotopic (exact) mass is 871 g/mol. The van der Waals surface area contributed by atoms with E-state index in [1.165, 1.54) is 5.57 Å². The van der Waals surface area contributed by atoms with Crippen LogP contribution in [0.4, 0.5) is 4.79 Å². The van der Waals surface area contributed by atoms with Crippen LogP contribution < -0.4 is 10.6 Å². The summed E-state index contributed by atoms with van der Waals surface area (Å²) >= 11 is 0. The topological polar surface area (TPSA) is 137 Å². The van der Waals surface area contributed by atoms with Gasteiger partial charge in [-0.2, -0.15) is 0 Å². The minimum atomic E-state index is -1.17. The fourth-order valence-corrected chi connectivity index (χ4v) is 15.5. The molecule has 7 aliphatic carbocycles. The molecule has 6 saturated carbocycles. The summed E-state index contributed by atoms with van der Waals surface area (Å²) in [6.45, 7) is 27.7. The van der Waals surface area contributed by atoms with Gasteiger partial charge in [0.05, 0.1) is 11.8 Å². The first-order valence-electron chi connectivity index (χ1n) is 24.0. The number of alkyl carbamates (subject to hydrolysis) is 1. The maximum atomic E-state index is 14.2. The van der Waals surface area contributed by atoms with Crippen LogP contribution in [-0.2, 0) is 40.0 Å². The van der Waals surface area contributed by atoms with E-state index in [4.69, 9.17) is 14.2 Å². The average Bonchev–Trinajstić information content (AvgIpc) is 3.56. The van der Waals surface area contributed by atoms with Crippen molar-refractivity contribution in [2.75, 3.05) is 6.54 Å². The van der Waals surface area contributed by atoms with Crippen LogP contribution >= 0.6 is 0 Å². The number of Topliss-reactive ketones (excluding diaryl/α,β-unsaturated/α-hetero) is 1. The van der Waals surface area contributed by atoms with Crippen molar-refractivity contribution < 1.29 is 41.0 Å². The van der Waals surface area contributed by atoms with Crippen LogP contribution in [0.25, 0.3) is 0 Å². The standard InChI is InChI=1S/C53H74N2O8.2H2/c1-30(2)41-36(56)28-52(24-25-54-45(59)49(9,10)55-46(60)63-47(4,5)6)22-23-53-35(42(41)52)18-19-37-50(11)21-20-40(48(7,8)38(50)27-39(53)51(37,53)12)62-44(58)34-26-33(31(34)3)43(57)61-29-32-16-14-13-15-17-32;;/h13-17,30,33-35,37-40H,3,18-29H2,1-2,4-12H3,(H,54,59)(H,55,60);2*1H/t33-,34+,35-,37-,38+,39?,40+,50-,51+,52-,53-;;/m1../s1. The van der Waals surface area contributed by atoms with Crippen LogP contribution in [0.15, 0.2) is 53.6 Å². The first-order chi connectivity index (χ1) is 29.3. The number of carbonyl (C=O) groups excluding carboxylic acids is 5. The second-order valence-electron chi connectivity index (χ2n) is 23.8. The van der Waals surface area contributed by atoms with Gasteiger partial charge in [0.25, 0.3) is 0 Å². The molecule has 7 aliphatic rings. The minimum absolute atomic E-state index is 0. The summed E-state index contributed by atoms with van der Waals surface area (Å²) in [6.07, 6.45) is 7.85. The highest BCUT2D eigenvalue weighted by atomic mass is 16.6. The van der Waals surface area contributed by atoms with Crippen molar-refractivity contribution >= 4 is 29.7 Å². The fraction of sp³-hybridized carbons (Fsp3) is 0.717. The van der Waals surface area contributed by atoms with Crippen molar-refractivity contribution in [2.45, 2.75) is 164 Å². The van der Waals surface area contributed by atoms with Crippen molar-refractivity contribution in [1.29, 1.82) is 0 Å². The second kappa shape index (κ2) is 15.3. The van der Waals surface area contributed by atoms with Crippen LogP contribution in [0.1, 0.15) is 149 Å². The summed E-state index contributed by atoms with van der Waals surface area (Å²) in [7, 11) is 0. The van der Waals surface area contributed by atoms with Crippen LogP contribution in [0, 0.1) is 68.5 Å². The van der Waals surface area contributed by atoms with E-state index in [0.29, 0.717) is 55.1 Å². The van der Waals surface area contributed by atoms with Crippen LogP contribution in [-0.4, -0.2) is 53.5 Å². The Morgan fingerprint density at radius 2 is 1.56 bits per heavy atom. The number of benzene rings is 1. The molecule has 0 radical (unpaired) electrons. The first-order valence-corrected chi connectivity index (χ1v) is 24.0. The van der Waals surface area contributed by atoms with Gasteiger partial charge in [-0.25, -0.2) is 4.79 Å². The Bertz CT molecular complexity index is 2130. The van der Waals surface area contributed by atoms with Crippen LogP contribution in [0.2, 0.25) is 0 Å². The molecule has 2 N–H and O–H groups in total. The normalized spacial score (nSPS) is 37.4. The third-order valence-corrected chi connectivity index (χ3v) is 18.4. The number of allylic oxidation sites excluding steroid dienone is 2. The Hall–Kier alpha value is -3.95. The van der Waals surface area contributed by atoms with Gasteiger partial charge >= 0.3 is 18.0 Å². The third-order valence-electron chi connectivity index (χ3n) is 18.4. The Balaban J connectivity index is 0.00000350. The Morgan fingerprint density at radius 1 is 0.873 bits per heavy atom. The van der Waals surface area contributed by atoms with Gasteiger partial charge in [0.15, 0.2) is 5.78 Å². The van der Waals surface area contributed by atoms with Gasteiger partial charge in [0, 0.05) is 26.6 Å². The molecule has 11 atom stereocenters. The van der Waals surface area contributed by atoms with Crippen LogP contribution in [0.3, 0.4) is 0 Å². The molecular weight excluding hydrogens is 793 g/mol. The highest BCUT2D eigenvalue weighted by Gasteiger charge is 2.86. The minimum Gasteiger partial charge on any atom is -0.461 e. The molecule has 0 bridgehead atoms. The predicted molar refractivity (Wildman–Crippen MR) is 245 cm³/mol. The van der Waals surface area contributed by atoms with Crippen molar-refractivity contribution in [3.8, 4) is 0 Å². The lowest BCUT2D eigenvalue weighted by atomic mass is 9.43. The lowest BCUT2D eigenvalue weighted by Gasteiger charge is -2.62. The van der Waals surface area contributed by atoms with E-state index in [2.05, 4.69) is 58.8 Å². The second-order valence-corrected chi connectivity index (χ2v) is 23.8. The smallest absolute Gasteiger partial charge is 0.408 e. The van der Waals surface area contributed by atoms with Crippen molar-refractivity contribution in [1.82, 2.24) is 10.6 Å². The number of carbonyl (C=O) groups is 5. The van der Waals surface area contributed by atoms with Crippen molar-refractivity contribution in [3.05, 3.63) is 59.2 Å². The summed E-state index contributed by atoms with van der Waals surface area (Å²) in [4.78, 5) is 67.1. The zero-order chi connectivity index (χ0) is 45.9. The van der Waals surface area contributed by atoms with Crippen molar-refractivity contribution in [3.63, 3.8) is 0 Å². The van der Waals surface area contributed by atoms with Gasteiger partial charge in [-0.3, -0.25) is 19.2 Å². The molecule has 0 aliphatic heterocycles. The molecule has 6 fully saturated rings. The molecule has 348 valence electrons. The molecule has 1 aromatic carbocycles. The van der Waals surface area contributed by atoms with Gasteiger partial charge < -0.3 is 24.8 Å². The molecule has 63 heavy (non-hydrogen) atoms. The fourth-order valence-electron chi connectivity index (χ4n) is 15.5. The molecule has 1 aromatic rings. The molecule has 1 spiro atoms. The Labute approximate surface area is 378 Å². The summed E-state index contributed by atoms with van der Waals surface area (Å²) in [5, 5.41) is 5.87. The molecule has 2 amide bonds. The van der Waals surface area contributed by atoms with E-state index in [1.54, 1.807) is 34.6 Å². The maximum Gasteiger partial charge on any atom is 0.408 e. The summed E-state index contributed by atoms with van der Waals surface area (Å²) in [6, 6.07) is 9.59. The number of fused-ring (bicyclic) bond motifs is 4. The van der Waals surface area contributed by atoms with E-state index in [-0.39, 0.29) is 72.2 Å². The molecule has 10 nitrogen and oxygen atoms in total. The number of esters is 2. The number of amides is 2. The molecule has 10 heteroatoms. The van der Waals surface area contributed by atoms with E-state index < -0.39 is 29.1 Å². The highest BCUT2D eigenvalue weighted by Crippen LogP contribution is 2.91. The Kier molecular flexibility index (Phi) is 11.1. The van der Waals surface area contributed by atoms with Crippen LogP contribution in [0.5, 0.6) is 0 Å². The number of hydrogen-bond donors (Lipinski definition) is 2. The quantitative estimate of drug-likeness (QED) is 0.127. The lowest BCUT2D eigenvalue weighted by molar-refractivity contribution is -0.191. The Morgan fingerprint density at radius 3 is 2.21 bits per heavy atom. The van der Waals surface area contributed by atoms with Gasteiger partial charge in [-0.15, -0.1) is 0 Å². The van der Waals surface area contributed by atoms with E-state index in [1.807, 2.05) is 30.3 Å². The molecule has 8 rings (SSSR count). The van der Waals surface area contributed by atoms with E-state index in [9.17, 15) is 24.0 Å². The molecule has 0 saturated heterocycles. The largest absolute Gasteiger partial charge is 0.461 e. The molecule has 1 unspecified atom stereocenters. The summed E-state index contributed by atoms with van der Waals surface area (Å²) in [5.41, 5.74) is 1.97. The van der Waals surface area contributed by atoms with Crippen molar-refractivity contribution in [2.24, 2.45) is 68.5 Å².